The Balaban J connectivity index is 1.97. The van der Waals surface area contributed by atoms with Crippen LogP contribution in [0.15, 0.2) is 33.5 Å². The number of alkyl halides is 1. The molecule has 0 bridgehead atoms. The van der Waals surface area contributed by atoms with Crippen molar-refractivity contribution in [3.05, 3.63) is 40.7 Å². The molecule has 0 unspecified atom stereocenters. The fraction of sp³-hybridized carbons (Fsp3) is 0.250. The quantitative estimate of drug-likeness (QED) is 0.684. The average Bonchev–Trinajstić information content (AvgIpc) is 3.03. The molecule has 0 radical (unpaired) electrons. The molecule has 3 rings (SSSR count). The van der Waals surface area contributed by atoms with E-state index in [0.717, 1.165) is 21.3 Å². The molecule has 0 N–H and O–H groups in total. The number of aryl methyl sites for hydroxylation is 2. The third-order valence-electron chi connectivity index (χ3n) is 2.87. The van der Waals surface area contributed by atoms with Crippen LogP contribution in [0, 0.1) is 0 Å². The van der Waals surface area contributed by atoms with Crippen molar-refractivity contribution in [3.8, 4) is 0 Å². The molecule has 0 aliphatic carbocycles. The maximum atomic E-state index is 5.96. The highest BCUT2D eigenvalue weighted by Gasteiger charge is 2.11. The number of hydrogen-bond acceptors (Lipinski definition) is 4. The number of hydrogen-bond donors (Lipinski definition) is 0. The molecule has 0 fully saturated rings. The van der Waals surface area contributed by atoms with Crippen LogP contribution in [0.3, 0.4) is 0 Å². The summed E-state index contributed by atoms with van der Waals surface area (Å²) in [6, 6.07) is 5.97. The summed E-state index contributed by atoms with van der Waals surface area (Å²) in [6.45, 7) is 0.706. The largest absolute Gasteiger partial charge is 0.340 e. The summed E-state index contributed by atoms with van der Waals surface area (Å²) < 4.78 is 8.10. The molecule has 5 nitrogen and oxygen atoms in total. The standard InChI is InChI=1S/C12H10BrClN4O/c13-8-1-2-9-10(5-8)18(11(6-14)17-9)4-3-12-15-7-16-19-12/h1-2,5,7H,3-4,6H2. The molecule has 2 aromatic heterocycles. The van der Waals surface area contributed by atoms with Crippen molar-refractivity contribution in [1.29, 1.82) is 0 Å². The highest BCUT2D eigenvalue weighted by molar-refractivity contribution is 9.10. The van der Waals surface area contributed by atoms with Gasteiger partial charge in [0.15, 0.2) is 6.33 Å². The van der Waals surface area contributed by atoms with Crippen molar-refractivity contribution < 1.29 is 4.52 Å². The molecule has 0 saturated carbocycles. The van der Waals surface area contributed by atoms with Gasteiger partial charge in [-0.1, -0.05) is 21.1 Å². The summed E-state index contributed by atoms with van der Waals surface area (Å²) >= 11 is 9.43. The molecule has 98 valence electrons. The smallest absolute Gasteiger partial charge is 0.228 e. The van der Waals surface area contributed by atoms with Gasteiger partial charge in [0.1, 0.15) is 5.82 Å². The van der Waals surface area contributed by atoms with Gasteiger partial charge in [0.05, 0.1) is 16.9 Å². The van der Waals surface area contributed by atoms with Gasteiger partial charge < -0.3 is 9.09 Å². The van der Waals surface area contributed by atoms with Gasteiger partial charge in [0, 0.05) is 17.4 Å². The van der Waals surface area contributed by atoms with Gasteiger partial charge >= 0.3 is 0 Å². The Hall–Kier alpha value is -1.40. The summed E-state index contributed by atoms with van der Waals surface area (Å²) in [7, 11) is 0. The second-order valence-corrected chi connectivity index (χ2v) is 5.21. The van der Waals surface area contributed by atoms with Gasteiger partial charge in [-0.3, -0.25) is 0 Å². The zero-order valence-electron chi connectivity index (χ0n) is 9.88. The van der Waals surface area contributed by atoms with Gasteiger partial charge in [-0.25, -0.2) is 4.98 Å². The molecule has 0 aliphatic rings. The Bertz CT molecular complexity index is 695. The molecule has 7 heteroatoms. The van der Waals surface area contributed by atoms with Gasteiger partial charge in [-0.2, -0.15) is 4.98 Å². The van der Waals surface area contributed by atoms with Crippen LogP contribution in [-0.2, 0) is 18.8 Å². The Labute approximate surface area is 122 Å². The topological polar surface area (TPSA) is 56.7 Å². The van der Waals surface area contributed by atoms with Crippen LogP contribution in [0.25, 0.3) is 11.0 Å². The highest BCUT2D eigenvalue weighted by Crippen LogP contribution is 2.22. The molecular formula is C12H10BrClN4O. The highest BCUT2D eigenvalue weighted by atomic mass is 79.9. The predicted molar refractivity (Wildman–Crippen MR) is 75.0 cm³/mol. The van der Waals surface area contributed by atoms with Crippen LogP contribution in [0.4, 0.5) is 0 Å². The maximum Gasteiger partial charge on any atom is 0.228 e. The first-order chi connectivity index (χ1) is 9.28. The van der Waals surface area contributed by atoms with Crippen LogP contribution in [0.5, 0.6) is 0 Å². The van der Waals surface area contributed by atoms with E-state index in [1.54, 1.807) is 0 Å². The monoisotopic (exact) mass is 340 g/mol. The van der Waals surface area contributed by atoms with Gasteiger partial charge in [-0.05, 0) is 18.2 Å². The lowest BCUT2D eigenvalue weighted by Gasteiger charge is -2.05. The van der Waals surface area contributed by atoms with E-state index in [-0.39, 0.29) is 0 Å². The molecule has 0 spiro atoms. The van der Waals surface area contributed by atoms with Gasteiger partial charge in [0.25, 0.3) is 0 Å². The van der Waals surface area contributed by atoms with E-state index < -0.39 is 0 Å². The molecule has 0 aliphatic heterocycles. The number of rotatable bonds is 4. The maximum absolute atomic E-state index is 5.96. The average molecular weight is 342 g/mol. The SMILES string of the molecule is ClCc1nc2ccc(Br)cc2n1CCc1ncno1. The minimum absolute atomic E-state index is 0.371. The summed E-state index contributed by atoms with van der Waals surface area (Å²) in [5, 5.41) is 3.60. The first-order valence-electron chi connectivity index (χ1n) is 5.74. The first kappa shape index (κ1) is 12.6. The van der Waals surface area contributed by atoms with E-state index in [4.69, 9.17) is 16.1 Å². The van der Waals surface area contributed by atoms with Crippen molar-refractivity contribution in [2.24, 2.45) is 0 Å². The van der Waals surface area contributed by atoms with E-state index in [2.05, 4.69) is 35.6 Å². The molecule has 1 aromatic carbocycles. The normalized spacial score (nSPS) is 11.3. The van der Waals surface area contributed by atoms with E-state index in [0.29, 0.717) is 24.7 Å². The third kappa shape index (κ3) is 2.50. The van der Waals surface area contributed by atoms with Crippen LogP contribution in [0.1, 0.15) is 11.7 Å². The minimum atomic E-state index is 0.371. The second kappa shape index (κ2) is 5.30. The zero-order valence-corrected chi connectivity index (χ0v) is 12.2. The summed E-state index contributed by atoms with van der Waals surface area (Å²) in [4.78, 5) is 8.53. The fourth-order valence-electron chi connectivity index (χ4n) is 2.01. The van der Waals surface area contributed by atoms with Crippen molar-refractivity contribution in [2.45, 2.75) is 18.8 Å². The third-order valence-corrected chi connectivity index (χ3v) is 3.60. The zero-order chi connectivity index (χ0) is 13.2. The summed E-state index contributed by atoms with van der Waals surface area (Å²) in [5.74, 6) is 1.82. The Kier molecular flexibility index (Phi) is 3.52. The van der Waals surface area contributed by atoms with Crippen LogP contribution < -0.4 is 0 Å². The van der Waals surface area contributed by atoms with Gasteiger partial charge in [-0.15, -0.1) is 11.6 Å². The number of halogens is 2. The molecule has 2 heterocycles. The van der Waals surface area contributed by atoms with Gasteiger partial charge in [0.2, 0.25) is 5.89 Å². The molecule has 0 amide bonds. The Morgan fingerprint density at radius 1 is 1.37 bits per heavy atom. The number of imidazole rings is 1. The Morgan fingerprint density at radius 3 is 3.00 bits per heavy atom. The van der Waals surface area contributed by atoms with Crippen LogP contribution in [-0.4, -0.2) is 19.7 Å². The fourth-order valence-corrected chi connectivity index (χ4v) is 2.56. The number of fused-ring (bicyclic) bond motifs is 1. The van der Waals surface area contributed by atoms with Crippen molar-refractivity contribution in [2.75, 3.05) is 0 Å². The lowest BCUT2D eigenvalue weighted by atomic mass is 10.3. The lowest BCUT2D eigenvalue weighted by Crippen LogP contribution is -2.05. The number of benzene rings is 1. The number of aromatic nitrogens is 4. The van der Waals surface area contributed by atoms with E-state index >= 15 is 0 Å². The predicted octanol–water partition coefficient (Wildman–Crippen LogP) is 3.16. The molecule has 0 atom stereocenters. The van der Waals surface area contributed by atoms with E-state index in [1.807, 2.05) is 18.2 Å². The lowest BCUT2D eigenvalue weighted by molar-refractivity contribution is 0.371. The summed E-state index contributed by atoms with van der Waals surface area (Å²) in [6.07, 6.45) is 2.06. The van der Waals surface area contributed by atoms with Crippen LogP contribution in [0.2, 0.25) is 0 Å². The van der Waals surface area contributed by atoms with Crippen molar-refractivity contribution >= 4 is 38.6 Å². The molecule has 3 aromatic rings. The van der Waals surface area contributed by atoms with Crippen LogP contribution >= 0.6 is 27.5 Å². The van der Waals surface area contributed by atoms with E-state index in [9.17, 15) is 0 Å². The molecular weight excluding hydrogens is 332 g/mol. The first-order valence-corrected chi connectivity index (χ1v) is 7.07. The summed E-state index contributed by atoms with van der Waals surface area (Å²) in [5.41, 5.74) is 1.98. The second-order valence-electron chi connectivity index (χ2n) is 4.03. The Morgan fingerprint density at radius 2 is 2.26 bits per heavy atom. The molecule has 19 heavy (non-hydrogen) atoms. The van der Waals surface area contributed by atoms with E-state index in [1.165, 1.54) is 6.33 Å². The minimum Gasteiger partial charge on any atom is -0.340 e. The molecule has 0 saturated heterocycles. The number of nitrogens with zero attached hydrogens (tertiary/aromatic N) is 4. The van der Waals surface area contributed by atoms with Crippen molar-refractivity contribution in [3.63, 3.8) is 0 Å². The van der Waals surface area contributed by atoms with Crippen molar-refractivity contribution in [1.82, 2.24) is 19.7 Å².